The van der Waals surface area contributed by atoms with Gasteiger partial charge < -0.3 is 5.32 Å². The van der Waals surface area contributed by atoms with E-state index in [1.807, 2.05) is 48.7 Å². The highest BCUT2D eigenvalue weighted by atomic mass is 35.5. The molecule has 164 valence electrons. The molecular weight excluding hydrogens is 421 g/mol. The molecule has 1 aromatic heterocycles. The highest BCUT2D eigenvalue weighted by molar-refractivity contribution is 6.31. The predicted molar refractivity (Wildman–Crippen MR) is 131 cm³/mol. The van der Waals surface area contributed by atoms with Crippen LogP contribution in [0, 0.1) is 5.82 Å². The Morgan fingerprint density at radius 3 is 2.38 bits per heavy atom. The minimum absolute atomic E-state index is 0.194. The third-order valence-corrected chi connectivity index (χ3v) is 5.72. The van der Waals surface area contributed by atoms with Gasteiger partial charge in [-0.25, -0.2) is 4.39 Å². The molecule has 0 unspecified atom stereocenters. The molecule has 5 heteroatoms. The van der Waals surface area contributed by atoms with Crippen molar-refractivity contribution in [3.05, 3.63) is 107 Å². The number of rotatable bonds is 10. The van der Waals surface area contributed by atoms with Crippen molar-refractivity contribution in [1.82, 2.24) is 9.88 Å². The van der Waals surface area contributed by atoms with Crippen molar-refractivity contribution in [2.75, 3.05) is 18.4 Å². The SMILES string of the molecule is Fc1ccc(CN(CCCCNc2ccnc3cc(Cl)ccc23)Cc2ccccc2)cc1. The van der Waals surface area contributed by atoms with Crippen LogP contribution in [0.25, 0.3) is 10.9 Å². The molecule has 1 heterocycles. The maximum absolute atomic E-state index is 13.3. The second-order valence-corrected chi connectivity index (χ2v) is 8.41. The number of nitrogens with zero attached hydrogens (tertiary/aromatic N) is 2. The quantitative estimate of drug-likeness (QED) is 0.267. The summed E-state index contributed by atoms with van der Waals surface area (Å²) >= 11 is 6.09. The summed E-state index contributed by atoms with van der Waals surface area (Å²) in [5.41, 5.74) is 4.40. The van der Waals surface area contributed by atoms with Crippen LogP contribution in [0.3, 0.4) is 0 Å². The minimum atomic E-state index is -0.194. The molecule has 0 atom stereocenters. The topological polar surface area (TPSA) is 28.2 Å². The van der Waals surface area contributed by atoms with Crippen molar-refractivity contribution >= 4 is 28.2 Å². The summed E-state index contributed by atoms with van der Waals surface area (Å²) in [5, 5.41) is 5.32. The molecule has 0 spiro atoms. The second-order valence-electron chi connectivity index (χ2n) is 7.98. The van der Waals surface area contributed by atoms with Gasteiger partial charge in [-0.2, -0.15) is 0 Å². The number of unbranched alkanes of at least 4 members (excludes halogenated alkanes) is 1. The zero-order valence-electron chi connectivity index (χ0n) is 18.0. The molecule has 0 aliphatic heterocycles. The van der Waals surface area contributed by atoms with Gasteiger partial charge in [0.15, 0.2) is 0 Å². The molecule has 3 nitrogen and oxygen atoms in total. The Labute approximate surface area is 193 Å². The zero-order chi connectivity index (χ0) is 22.2. The first-order chi connectivity index (χ1) is 15.7. The van der Waals surface area contributed by atoms with Crippen LogP contribution in [-0.4, -0.2) is 23.0 Å². The van der Waals surface area contributed by atoms with E-state index in [-0.39, 0.29) is 5.82 Å². The molecule has 0 amide bonds. The fourth-order valence-corrected chi connectivity index (χ4v) is 4.03. The first kappa shape index (κ1) is 22.3. The number of hydrogen-bond acceptors (Lipinski definition) is 3. The predicted octanol–water partition coefficient (Wildman–Crippen LogP) is 6.92. The third kappa shape index (κ3) is 6.28. The standard InChI is InChI=1S/C27H27ClFN3/c28-23-10-13-25-26(14-16-31-27(25)18-23)30-15-4-5-17-32(19-21-6-2-1-3-7-21)20-22-8-11-24(29)12-9-22/h1-3,6-14,16,18H,4-5,15,17,19-20H2,(H,30,31). The van der Waals surface area contributed by atoms with E-state index in [1.54, 1.807) is 0 Å². The third-order valence-electron chi connectivity index (χ3n) is 5.49. The van der Waals surface area contributed by atoms with Gasteiger partial charge in [-0.05, 0) is 66.9 Å². The van der Waals surface area contributed by atoms with E-state index < -0.39 is 0 Å². The molecule has 3 aromatic carbocycles. The molecule has 1 N–H and O–H groups in total. The Kier molecular flexibility index (Phi) is 7.70. The van der Waals surface area contributed by atoms with E-state index in [9.17, 15) is 4.39 Å². The monoisotopic (exact) mass is 447 g/mol. The lowest BCUT2D eigenvalue weighted by molar-refractivity contribution is 0.252. The van der Waals surface area contributed by atoms with Crippen LogP contribution in [-0.2, 0) is 13.1 Å². The van der Waals surface area contributed by atoms with Gasteiger partial charge in [0.1, 0.15) is 5.82 Å². The van der Waals surface area contributed by atoms with Gasteiger partial charge in [0.25, 0.3) is 0 Å². The molecule has 0 aliphatic rings. The van der Waals surface area contributed by atoms with E-state index in [4.69, 9.17) is 11.6 Å². The number of nitrogens with one attached hydrogen (secondary N) is 1. The first-order valence-corrected chi connectivity index (χ1v) is 11.3. The molecule has 4 aromatic rings. The fraction of sp³-hybridized carbons (Fsp3) is 0.222. The summed E-state index contributed by atoms with van der Waals surface area (Å²) in [5.74, 6) is -0.194. The first-order valence-electron chi connectivity index (χ1n) is 11.0. The normalized spacial score (nSPS) is 11.2. The van der Waals surface area contributed by atoms with Crippen molar-refractivity contribution in [3.8, 4) is 0 Å². The average molecular weight is 448 g/mol. The Bertz CT molecular complexity index is 1130. The summed E-state index contributed by atoms with van der Waals surface area (Å²) < 4.78 is 13.3. The van der Waals surface area contributed by atoms with Gasteiger partial charge in [0, 0.05) is 41.9 Å². The second kappa shape index (κ2) is 11.1. The number of pyridine rings is 1. The van der Waals surface area contributed by atoms with Gasteiger partial charge >= 0.3 is 0 Å². The maximum atomic E-state index is 13.3. The lowest BCUT2D eigenvalue weighted by Gasteiger charge is -2.23. The van der Waals surface area contributed by atoms with Gasteiger partial charge in [0.2, 0.25) is 0 Å². The summed E-state index contributed by atoms with van der Waals surface area (Å²) in [6.45, 7) is 3.54. The molecule has 0 bridgehead atoms. The van der Waals surface area contributed by atoms with E-state index in [2.05, 4.69) is 39.5 Å². The molecule has 0 aliphatic carbocycles. The Morgan fingerprint density at radius 2 is 1.59 bits per heavy atom. The lowest BCUT2D eigenvalue weighted by Crippen LogP contribution is -2.24. The fourth-order valence-electron chi connectivity index (χ4n) is 3.86. The smallest absolute Gasteiger partial charge is 0.123 e. The number of fused-ring (bicyclic) bond motifs is 1. The van der Waals surface area contributed by atoms with Crippen LogP contribution in [0.5, 0.6) is 0 Å². The molecule has 32 heavy (non-hydrogen) atoms. The van der Waals surface area contributed by atoms with E-state index in [1.165, 1.54) is 17.7 Å². The number of anilines is 1. The van der Waals surface area contributed by atoms with Crippen molar-refractivity contribution in [2.45, 2.75) is 25.9 Å². The van der Waals surface area contributed by atoms with E-state index in [0.29, 0.717) is 5.02 Å². The number of halogens is 2. The largest absolute Gasteiger partial charge is 0.384 e. The number of benzene rings is 3. The van der Waals surface area contributed by atoms with Crippen molar-refractivity contribution < 1.29 is 4.39 Å². The minimum Gasteiger partial charge on any atom is -0.384 e. The molecular formula is C27H27ClFN3. The summed E-state index contributed by atoms with van der Waals surface area (Å²) in [4.78, 5) is 6.82. The Morgan fingerprint density at radius 1 is 0.844 bits per heavy atom. The van der Waals surface area contributed by atoms with Crippen molar-refractivity contribution in [1.29, 1.82) is 0 Å². The Hall–Kier alpha value is -2.95. The van der Waals surface area contributed by atoms with Gasteiger partial charge in [-0.15, -0.1) is 0 Å². The number of aromatic nitrogens is 1. The average Bonchev–Trinajstić information content (AvgIpc) is 2.80. The molecule has 0 saturated heterocycles. The molecule has 0 radical (unpaired) electrons. The van der Waals surface area contributed by atoms with E-state index in [0.717, 1.165) is 61.2 Å². The summed E-state index contributed by atoms with van der Waals surface area (Å²) in [6, 6.07) is 25.1. The zero-order valence-corrected chi connectivity index (χ0v) is 18.7. The maximum Gasteiger partial charge on any atom is 0.123 e. The van der Waals surface area contributed by atoms with Crippen LogP contribution < -0.4 is 5.32 Å². The summed E-state index contributed by atoms with van der Waals surface area (Å²) in [7, 11) is 0. The van der Waals surface area contributed by atoms with Gasteiger partial charge in [-0.1, -0.05) is 54.1 Å². The Balaban J connectivity index is 1.32. The highest BCUT2D eigenvalue weighted by Crippen LogP contribution is 2.24. The van der Waals surface area contributed by atoms with Gasteiger partial charge in [-0.3, -0.25) is 9.88 Å². The van der Waals surface area contributed by atoms with Crippen LogP contribution in [0.2, 0.25) is 5.02 Å². The van der Waals surface area contributed by atoms with Crippen molar-refractivity contribution in [3.63, 3.8) is 0 Å². The van der Waals surface area contributed by atoms with Crippen LogP contribution in [0.4, 0.5) is 10.1 Å². The van der Waals surface area contributed by atoms with Crippen molar-refractivity contribution in [2.24, 2.45) is 0 Å². The number of hydrogen-bond donors (Lipinski definition) is 1. The lowest BCUT2D eigenvalue weighted by atomic mass is 10.1. The molecule has 4 rings (SSSR count). The van der Waals surface area contributed by atoms with Crippen LogP contribution in [0.1, 0.15) is 24.0 Å². The van der Waals surface area contributed by atoms with Crippen LogP contribution in [0.15, 0.2) is 85.1 Å². The summed E-state index contributed by atoms with van der Waals surface area (Å²) in [6.07, 6.45) is 3.92. The van der Waals surface area contributed by atoms with E-state index >= 15 is 0 Å². The van der Waals surface area contributed by atoms with Gasteiger partial charge in [0.05, 0.1) is 5.52 Å². The molecule has 0 fully saturated rings. The van der Waals surface area contributed by atoms with Crippen LogP contribution >= 0.6 is 11.6 Å². The molecule has 0 saturated carbocycles. The highest BCUT2D eigenvalue weighted by Gasteiger charge is 2.08.